The zero-order chi connectivity index (χ0) is 15.3. The Hall–Kier alpha value is -1.62. The topological polar surface area (TPSA) is 49.3 Å². The Morgan fingerprint density at radius 1 is 1.29 bits per heavy atom. The Balaban J connectivity index is 1.79. The van der Waals surface area contributed by atoms with Crippen LogP contribution in [0.5, 0.6) is 0 Å². The van der Waals surface area contributed by atoms with E-state index in [9.17, 15) is 0 Å². The molecule has 0 spiro atoms. The number of fused-ring (bicyclic) bond motifs is 1. The van der Waals surface area contributed by atoms with Gasteiger partial charge in [-0.25, -0.2) is 4.98 Å². The van der Waals surface area contributed by atoms with Gasteiger partial charge in [0.1, 0.15) is 0 Å². The van der Waals surface area contributed by atoms with Crippen molar-refractivity contribution in [2.24, 2.45) is 4.99 Å². The summed E-state index contributed by atoms with van der Waals surface area (Å²) in [6.07, 6.45) is 2.05. The smallest absolute Gasteiger partial charge is 0.191 e. The number of benzene rings is 1. The molecule has 1 heterocycles. The van der Waals surface area contributed by atoms with Crippen molar-refractivity contribution in [1.82, 2.24) is 15.6 Å². The van der Waals surface area contributed by atoms with Crippen molar-refractivity contribution < 1.29 is 0 Å². The number of para-hydroxylation sites is 1. The molecule has 0 atom stereocenters. The molecule has 21 heavy (non-hydrogen) atoms. The third-order valence-corrected chi connectivity index (χ3v) is 4.01. The minimum absolute atomic E-state index is 0.0227. The van der Waals surface area contributed by atoms with Gasteiger partial charge in [-0.3, -0.25) is 4.99 Å². The Kier molecular flexibility index (Phi) is 5.17. The van der Waals surface area contributed by atoms with Crippen LogP contribution in [0, 0.1) is 0 Å². The van der Waals surface area contributed by atoms with E-state index in [1.165, 1.54) is 9.71 Å². The lowest BCUT2D eigenvalue weighted by Gasteiger charge is -2.23. The van der Waals surface area contributed by atoms with Gasteiger partial charge in [-0.1, -0.05) is 12.1 Å². The number of aliphatic imine (C=N–C) groups is 1. The van der Waals surface area contributed by atoms with Crippen LogP contribution >= 0.6 is 11.3 Å². The van der Waals surface area contributed by atoms with E-state index in [1.807, 2.05) is 6.07 Å². The van der Waals surface area contributed by atoms with Crippen molar-refractivity contribution in [3.63, 3.8) is 0 Å². The first-order valence-electron chi connectivity index (χ1n) is 7.31. The number of hydrogen-bond acceptors (Lipinski definition) is 3. The summed E-state index contributed by atoms with van der Waals surface area (Å²) >= 11 is 1.79. The molecule has 0 amide bonds. The summed E-state index contributed by atoms with van der Waals surface area (Å²) in [6, 6.07) is 8.30. The van der Waals surface area contributed by atoms with Crippen molar-refractivity contribution in [1.29, 1.82) is 0 Å². The van der Waals surface area contributed by atoms with Crippen molar-refractivity contribution in [2.75, 3.05) is 13.6 Å². The molecule has 114 valence electrons. The molecule has 0 radical (unpaired) electrons. The largest absolute Gasteiger partial charge is 0.356 e. The van der Waals surface area contributed by atoms with Crippen molar-refractivity contribution in [3.05, 3.63) is 29.3 Å². The Bertz CT molecular complexity index is 577. The van der Waals surface area contributed by atoms with Crippen molar-refractivity contribution >= 4 is 27.5 Å². The Morgan fingerprint density at radius 2 is 2.05 bits per heavy atom. The lowest BCUT2D eigenvalue weighted by molar-refractivity contribution is 0.501. The molecule has 0 aliphatic rings. The monoisotopic (exact) mass is 304 g/mol. The molecule has 2 aromatic rings. The highest BCUT2D eigenvalue weighted by Crippen LogP contribution is 2.22. The van der Waals surface area contributed by atoms with Crippen LogP contribution < -0.4 is 10.6 Å². The van der Waals surface area contributed by atoms with E-state index >= 15 is 0 Å². The molecule has 1 aromatic carbocycles. The normalized spacial score (nSPS) is 12.7. The Labute approximate surface area is 130 Å². The minimum Gasteiger partial charge on any atom is -0.356 e. The molecule has 2 N–H and O–H groups in total. The lowest BCUT2D eigenvalue weighted by Crippen LogP contribution is -2.47. The highest BCUT2D eigenvalue weighted by Gasteiger charge is 2.11. The van der Waals surface area contributed by atoms with Crippen LogP contribution in [-0.4, -0.2) is 30.1 Å². The van der Waals surface area contributed by atoms with Crippen molar-refractivity contribution in [3.8, 4) is 0 Å². The summed E-state index contributed by atoms with van der Waals surface area (Å²) in [7, 11) is 1.80. The number of guanidine groups is 1. The maximum Gasteiger partial charge on any atom is 0.191 e. The molecule has 5 heteroatoms. The second kappa shape index (κ2) is 6.89. The van der Waals surface area contributed by atoms with Gasteiger partial charge in [0.15, 0.2) is 5.96 Å². The van der Waals surface area contributed by atoms with Gasteiger partial charge in [0, 0.05) is 25.6 Å². The highest BCUT2D eigenvalue weighted by molar-refractivity contribution is 7.18. The third-order valence-electron chi connectivity index (χ3n) is 2.92. The number of aryl methyl sites for hydroxylation is 1. The molecule has 4 nitrogen and oxygen atoms in total. The SMILES string of the molecule is CN=C(NCCCc1nc2ccccc2s1)NC(C)(C)C. The molecular formula is C16H24N4S. The number of hydrogen-bond donors (Lipinski definition) is 2. The molecule has 0 aliphatic carbocycles. The van der Waals surface area contributed by atoms with Crippen LogP contribution in [0.2, 0.25) is 0 Å². The van der Waals surface area contributed by atoms with Crippen LogP contribution in [0.4, 0.5) is 0 Å². The summed E-state index contributed by atoms with van der Waals surface area (Å²) < 4.78 is 1.27. The van der Waals surface area contributed by atoms with Crippen LogP contribution in [0.25, 0.3) is 10.2 Å². The third kappa shape index (κ3) is 5.01. The first kappa shape index (κ1) is 15.8. The molecule has 0 saturated carbocycles. The number of nitrogens with one attached hydrogen (secondary N) is 2. The standard InChI is InChI=1S/C16H24N4S/c1-16(2,3)20-15(17-4)18-11-7-10-14-19-12-8-5-6-9-13(12)21-14/h5-6,8-9H,7,10-11H2,1-4H3,(H2,17,18,20). The highest BCUT2D eigenvalue weighted by atomic mass is 32.1. The molecule has 0 fully saturated rings. The number of rotatable bonds is 4. The van der Waals surface area contributed by atoms with Gasteiger partial charge in [0.25, 0.3) is 0 Å². The van der Waals surface area contributed by atoms with Crippen LogP contribution in [0.1, 0.15) is 32.2 Å². The number of nitrogens with zero attached hydrogens (tertiary/aromatic N) is 2. The van der Waals surface area contributed by atoms with Gasteiger partial charge in [-0.15, -0.1) is 11.3 Å². The fraction of sp³-hybridized carbons (Fsp3) is 0.500. The predicted octanol–water partition coefficient (Wildman–Crippen LogP) is 3.19. The first-order chi connectivity index (χ1) is 9.98. The summed E-state index contributed by atoms with van der Waals surface area (Å²) in [5, 5.41) is 7.90. The van der Waals surface area contributed by atoms with Gasteiger partial charge >= 0.3 is 0 Å². The fourth-order valence-electron chi connectivity index (χ4n) is 2.01. The average Bonchev–Trinajstić information content (AvgIpc) is 2.83. The first-order valence-corrected chi connectivity index (χ1v) is 8.13. The van der Waals surface area contributed by atoms with E-state index in [0.29, 0.717) is 0 Å². The van der Waals surface area contributed by atoms with Gasteiger partial charge in [-0.05, 0) is 39.3 Å². The maximum atomic E-state index is 4.65. The zero-order valence-electron chi connectivity index (χ0n) is 13.2. The maximum absolute atomic E-state index is 4.65. The fourth-order valence-corrected chi connectivity index (χ4v) is 3.02. The van der Waals surface area contributed by atoms with Gasteiger partial charge in [0.2, 0.25) is 0 Å². The summed E-state index contributed by atoms with van der Waals surface area (Å²) in [4.78, 5) is 8.89. The van der Waals surface area contributed by atoms with Crippen molar-refractivity contribution in [2.45, 2.75) is 39.2 Å². The van der Waals surface area contributed by atoms with Gasteiger partial charge in [0.05, 0.1) is 15.2 Å². The predicted molar refractivity (Wildman–Crippen MR) is 92.2 cm³/mol. The zero-order valence-corrected chi connectivity index (χ0v) is 14.0. The summed E-state index contributed by atoms with van der Waals surface area (Å²) in [5.74, 6) is 0.854. The average molecular weight is 304 g/mol. The second-order valence-electron chi connectivity index (χ2n) is 6.05. The second-order valence-corrected chi connectivity index (χ2v) is 7.17. The van der Waals surface area contributed by atoms with E-state index < -0.39 is 0 Å². The number of thiazole rings is 1. The van der Waals surface area contributed by atoms with Gasteiger partial charge < -0.3 is 10.6 Å². The molecule has 2 rings (SSSR count). The molecule has 1 aromatic heterocycles. The molecule has 0 saturated heterocycles. The quantitative estimate of drug-likeness (QED) is 0.518. The van der Waals surface area contributed by atoms with E-state index in [0.717, 1.165) is 30.9 Å². The lowest BCUT2D eigenvalue weighted by atomic mass is 10.1. The number of aromatic nitrogens is 1. The van der Waals surface area contributed by atoms with Gasteiger partial charge in [-0.2, -0.15) is 0 Å². The van der Waals surface area contributed by atoms with Crippen LogP contribution in [0.15, 0.2) is 29.3 Å². The molecular weight excluding hydrogens is 280 g/mol. The van der Waals surface area contributed by atoms with E-state index in [2.05, 4.69) is 59.6 Å². The molecule has 0 bridgehead atoms. The van der Waals surface area contributed by atoms with Crippen LogP contribution in [0.3, 0.4) is 0 Å². The molecule has 0 unspecified atom stereocenters. The Morgan fingerprint density at radius 3 is 2.71 bits per heavy atom. The minimum atomic E-state index is 0.0227. The summed E-state index contributed by atoms with van der Waals surface area (Å²) in [6.45, 7) is 7.27. The van der Waals surface area contributed by atoms with E-state index in [4.69, 9.17) is 0 Å². The van der Waals surface area contributed by atoms with E-state index in [1.54, 1.807) is 18.4 Å². The summed E-state index contributed by atoms with van der Waals surface area (Å²) in [5.41, 5.74) is 1.13. The van der Waals surface area contributed by atoms with E-state index in [-0.39, 0.29) is 5.54 Å². The van der Waals surface area contributed by atoms with Crippen LogP contribution in [-0.2, 0) is 6.42 Å². The molecule has 0 aliphatic heterocycles.